The molecule has 1 rings (SSSR count). The fourth-order valence-electron chi connectivity index (χ4n) is 1.14. The molecule has 88 valence electrons. The van der Waals surface area contributed by atoms with Crippen molar-refractivity contribution >= 4 is 49.4 Å². The highest BCUT2D eigenvalue weighted by molar-refractivity contribution is 9.10. The highest BCUT2D eigenvalue weighted by Crippen LogP contribution is 2.24. The van der Waals surface area contributed by atoms with Crippen LogP contribution in [0.15, 0.2) is 22.7 Å². The van der Waals surface area contributed by atoms with Crippen LogP contribution in [0.5, 0.6) is 0 Å². The van der Waals surface area contributed by atoms with Crippen molar-refractivity contribution in [2.75, 3.05) is 12.4 Å². The number of carbonyl (C=O) groups excluding carboxylic acids is 1. The van der Waals surface area contributed by atoms with Crippen molar-refractivity contribution in [2.45, 2.75) is 13.0 Å². The standard InChI is InChI=1S/C11H12Br2ClNO/c1-7(6-12)15(2)11(16)8-3-4-10(14)9(13)5-8/h3-5,7H,6H2,1-2H3. The summed E-state index contributed by atoms with van der Waals surface area (Å²) in [6.07, 6.45) is 0. The second-order valence-corrected chi connectivity index (χ2v) is 5.46. The fourth-order valence-corrected chi connectivity index (χ4v) is 2.07. The molecule has 0 fully saturated rings. The van der Waals surface area contributed by atoms with Crippen molar-refractivity contribution in [2.24, 2.45) is 0 Å². The van der Waals surface area contributed by atoms with Crippen LogP contribution in [0.25, 0.3) is 0 Å². The molecule has 0 saturated heterocycles. The zero-order chi connectivity index (χ0) is 12.3. The Morgan fingerprint density at radius 1 is 1.56 bits per heavy atom. The molecule has 0 aromatic heterocycles. The van der Waals surface area contributed by atoms with Gasteiger partial charge >= 0.3 is 0 Å². The molecule has 1 amide bonds. The summed E-state index contributed by atoms with van der Waals surface area (Å²) in [5, 5.41) is 1.36. The zero-order valence-corrected chi connectivity index (χ0v) is 12.9. The lowest BCUT2D eigenvalue weighted by Gasteiger charge is -2.23. The average molecular weight is 369 g/mol. The molecule has 1 aromatic rings. The summed E-state index contributed by atoms with van der Waals surface area (Å²) < 4.78 is 0.736. The average Bonchev–Trinajstić information content (AvgIpc) is 2.29. The van der Waals surface area contributed by atoms with Crippen LogP contribution in [0.1, 0.15) is 17.3 Å². The van der Waals surface area contributed by atoms with Gasteiger partial charge in [-0.3, -0.25) is 4.79 Å². The normalized spacial score (nSPS) is 12.3. The Bertz CT molecular complexity index is 398. The fraction of sp³-hybridized carbons (Fsp3) is 0.364. The van der Waals surface area contributed by atoms with E-state index in [1.54, 1.807) is 30.1 Å². The van der Waals surface area contributed by atoms with Gasteiger partial charge in [-0.1, -0.05) is 27.5 Å². The van der Waals surface area contributed by atoms with Gasteiger partial charge in [-0.15, -0.1) is 0 Å². The predicted molar refractivity (Wildman–Crippen MR) is 74.5 cm³/mol. The van der Waals surface area contributed by atoms with Crippen LogP contribution in [0.4, 0.5) is 0 Å². The van der Waals surface area contributed by atoms with Gasteiger partial charge in [-0.2, -0.15) is 0 Å². The summed E-state index contributed by atoms with van der Waals surface area (Å²) in [6.45, 7) is 1.98. The number of carbonyl (C=O) groups is 1. The second kappa shape index (κ2) is 6.03. The molecule has 0 aliphatic carbocycles. The molecule has 16 heavy (non-hydrogen) atoms. The molecule has 2 nitrogen and oxygen atoms in total. The quantitative estimate of drug-likeness (QED) is 0.739. The lowest BCUT2D eigenvalue weighted by molar-refractivity contribution is 0.0758. The number of hydrogen-bond acceptors (Lipinski definition) is 1. The lowest BCUT2D eigenvalue weighted by Crippen LogP contribution is -2.36. The molecular formula is C11H12Br2ClNO. The van der Waals surface area contributed by atoms with Crippen molar-refractivity contribution in [3.05, 3.63) is 33.3 Å². The van der Waals surface area contributed by atoms with Crippen molar-refractivity contribution in [1.82, 2.24) is 4.90 Å². The molecular weight excluding hydrogens is 357 g/mol. The first-order valence-corrected chi connectivity index (χ1v) is 7.04. The number of halogens is 3. The van der Waals surface area contributed by atoms with Crippen molar-refractivity contribution in [3.8, 4) is 0 Å². The number of rotatable bonds is 3. The predicted octanol–water partition coefficient (Wildman–Crippen LogP) is 3.96. The summed E-state index contributed by atoms with van der Waals surface area (Å²) in [7, 11) is 1.79. The number of alkyl halides is 1. The van der Waals surface area contributed by atoms with Gasteiger partial charge in [-0.05, 0) is 41.1 Å². The van der Waals surface area contributed by atoms with Crippen LogP contribution in [0.3, 0.4) is 0 Å². The Balaban J connectivity index is 2.92. The first-order chi connectivity index (χ1) is 7.47. The topological polar surface area (TPSA) is 20.3 Å². The van der Waals surface area contributed by atoms with E-state index < -0.39 is 0 Å². The van der Waals surface area contributed by atoms with Crippen molar-refractivity contribution in [1.29, 1.82) is 0 Å². The van der Waals surface area contributed by atoms with Crippen LogP contribution < -0.4 is 0 Å². The van der Waals surface area contributed by atoms with Gasteiger partial charge in [0.15, 0.2) is 0 Å². The molecule has 0 N–H and O–H groups in total. The van der Waals surface area contributed by atoms with Gasteiger partial charge < -0.3 is 4.90 Å². The Labute approximate surface area is 117 Å². The first-order valence-electron chi connectivity index (χ1n) is 4.75. The van der Waals surface area contributed by atoms with Crippen LogP contribution >= 0.6 is 43.5 Å². The van der Waals surface area contributed by atoms with Crippen LogP contribution in [-0.4, -0.2) is 29.2 Å². The van der Waals surface area contributed by atoms with E-state index in [1.165, 1.54) is 0 Å². The van der Waals surface area contributed by atoms with Gasteiger partial charge in [0.05, 0.1) is 5.02 Å². The van der Waals surface area contributed by atoms with Gasteiger partial charge in [0.25, 0.3) is 5.91 Å². The van der Waals surface area contributed by atoms with Crippen LogP contribution in [-0.2, 0) is 0 Å². The molecule has 0 aliphatic rings. The number of amides is 1. The maximum absolute atomic E-state index is 12.0. The van der Waals surface area contributed by atoms with Gasteiger partial charge in [0.2, 0.25) is 0 Å². The van der Waals surface area contributed by atoms with E-state index in [-0.39, 0.29) is 11.9 Å². The Morgan fingerprint density at radius 3 is 2.69 bits per heavy atom. The van der Waals surface area contributed by atoms with E-state index in [1.807, 2.05) is 6.92 Å². The molecule has 5 heteroatoms. The molecule has 0 spiro atoms. The smallest absolute Gasteiger partial charge is 0.253 e. The number of benzene rings is 1. The number of nitrogens with zero attached hydrogens (tertiary/aromatic N) is 1. The minimum absolute atomic E-state index is 0.00989. The van der Waals surface area contributed by atoms with E-state index in [4.69, 9.17) is 11.6 Å². The monoisotopic (exact) mass is 367 g/mol. The third kappa shape index (κ3) is 3.22. The minimum Gasteiger partial charge on any atom is -0.338 e. The minimum atomic E-state index is -0.00989. The Hall–Kier alpha value is -0.0600. The summed E-state index contributed by atoms with van der Waals surface area (Å²) in [5.74, 6) is -0.00989. The highest BCUT2D eigenvalue weighted by Gasteiger charge is 2.17. The van der Waals surface area contributed by atoms with E-state index in [9.17, 15) is 4.79 Å². The van der Waals surface area contributed by atoms with E-state index in [2.05, 4.69) is 31.9 Å². The maximum atomic E-state index is 12.0. The molecule has 1 atom stereocenters. The maximum Gasteiger partial charge on any atom is 0.253 e. The summed E-state index contributed by atoms with van der Waals surface area (Å²) in [5.41, 5.74) is 0.631. The van der Waals surface area contributed by atoms with Crippen molar-refractivity contribution < 1.29 is 4.79 Å². The summed E-state index contributed by atoms with van der Waals surface area (Å²) in [4.78, 5) is 13.7. The van der Waals surface area contributed by atoms with E-state index in [0.717, 1.165) is 9.80 Å². The third-order valence-electron chi connectivity index (χ3n) is 2.37. The Morgan fingerprint density at radius 2 is 2.19 bits per heavy atom. The SMILES string of the molecule is CC(CBr)N(C)C(=O)c1ccc(Cl)c(Br)c1. The molecule has 0 saturated carbocycles. The Kier molecular flexibility index (Phi) is 5.28. The van der Waals surface area contributed by atoms with Crippen LogP contribution in [0, 0.1) is 0 Å². The summed E-state index contributed by atoms with van der Waals surface area (Å²) in [6, 6.07) is 5.34. The van der Waals surface area contributed by atoms with E-state index in [0.29, 0.717) is 10.6 Å². The molecule has 0 aliphatic heterocycles. The number of hydrogen-bond donors (Lipinski definition) is 0. The largest absolute Gasteiger partial charge is 0.338 e. The molecule has 1 aromatic carbocycles. The lowest BCUT2D eigenvalue weighted by atomic mass is 10.2. The first kappa shape index (κ1) is 14.0. The summed E-state index contributed by atoms with van der Waals surface area (Å²) >= 11 is 12.5. The zero-order valence-electron chi connectivity index (χ0n) is 9.01. The van der Waals surface area contributed by atoms with Gasteiger partial charge in [0.1, 0.15) is 0 Å². The van der Waals surface area contributed by atoms with Gasteiger partial charge in [0, 0.05) is 28.5 Å². The molecule has 0 bridgehead atoms. The third-order valence-corrected chi connectivity index (χ3v) is 4.52. The highest BCUT2D eigenvalue weighted by atomic mass is 79.9. The second-order valence-electron chi connectivity index (χ2n) is 3.55. The van der Waals surface area contributed by atoms with Crippen LogP contribution in [0.2, 0.25) is 5.02 Å². The van der Waals surface area contributed by atoms with Gasteiger partial charge in [-0.25, -0.2) is 0 Å². The molecule has 1 unspecified atom stereocenters. The van der Waals surface area contributed by atoms with E-state index >= 15 is 0 Å². The van der Waals surface area contributed by atoms with Crippen molar-refractivity contribution in [3.63, 3.8) is 0 Å². The molecule has 0 radical (unpaired) electrons. The molecule has 0 heterocycles.